The zero-order chi connectivity index (χ0) is 17.8. The van der Waals surface area contributed by atoms with Gasteiger partial charge < -0.3 is 16.4 Å². The minimum absolute atomic E-state index is 0.228. The Kier molecular flexibility index (Phi) is 5.03. The summed E-state index contributed by atoms with van der Waals surface area (Å²) >= 11 is 0. The highest BCUT2D eigenvalue weighted by molar-refractivity contribution is 5.95. The molecule has 3 rings (SSSR count). The van der Waals surface area contributed by atoms with Crippen LogP contribution in [-0.2, 0) is 6.42 Å². The third-order valence-corrected chi connectivity index (χ3v) is 4.46. The van der Waals surface area contributed by atoms with E-state index in [-0.39, 0.29) is 12.1 Å². The number of nitrogens with zero attached hydrogens (tertiary/aromatic N) is 3. The maximum atomic E-state index is 6.15. The third-order valence-electron chi connectivity index (χ3n) is 4.46. The summed E-state index contributed by atoms with van der Waals surface area (Å²) in [6.45, 7) is 5.10. The minimum atomic E-state index is -0.234. The zero-order valence-electron chi connectivity index (χ0n) is 14.8. The first-order valence-corrected chi connectivity index (χ1v) is 8.62. The normalized spacial score (nSPS) is 17.4. The molecule has 0 bridgehead atoms. The van der Waals surface area contributed by atoms with E-state index >= 15 is 0 Å². The highest BCUT2D eigenvalue weighted by atomic mass is 15.4. The minimum Gasteiger partial charge on any atom is -0.369 e. The molecule has 5 nitrogen and oxygen atoms in total. The van der Waals surface area contributed by atoms with Crippen LogP contribution in [0, 0.1) is 0 Å². The smallest absolute Gasteiger partial charge is 0.220 e. The molecule has 0 radical (unpaired) electrons. The second kappa shape index (κ2) is 7.38. The van der Waals surface area contributed by atoms with Gasteiger partial charge in [0, 0.05) is 6.54 Å². The first-order valence-electron chi connectivity index (χ1n) is 8.62. The van der Waals surface area contributed by atoms with E-state index in [0.717, 1.165) is 18.5 Å². The van der Waals surface area contributed by atoms with Crippen molar-refractivity contribution in [3.63, 3.8) is 0 Å². The lowest BCUT2D eigenvalue weighted by Gasteiger charge is -2.33. The van der Waals surface area contributed by atoms with E-state index in [2.05, 4.69) is 60.2 Å². The molecule has 0 saturated heterocycles. The Hall–Kier alpha value is -2.82. The van der Waals surface area contributed by atoms with Crippen molar-refractivity contribution in [1.29, 1.82) is 0 Å². The van der Waals surface area contributed by atoms with Crippen LogP contribution in [0.15, 0.2) is 64.6 Å². The van der Waals surface area contributed by atoms with Gasteiger partial charge in [-0.25, -0.2) is 4.99 Å². The van der Waals surface area contributed by atoms with Crippen LogP contribution in [0.5, 0.6) is 0 Å². The van der Waals surface area contributed by atoms with Crippen LogP contribution in [0.3, 0.4) is 0 Å². The molecule has 0 saturated carbocycles. The van der Waals surface area contributed by atoms with Crippen LogP contribution in [0.4, 0.5) is 0 Å². The van der Waals surface area contributed by atoms with Crippen LogP contribution in [-0.4, -0.2) is 23.4 Å². The molecule has 1 aliphatic rings. The highest BCUT2D eigenvalue weighted by Gasteiger charge is 2.25. The average Bonchev–Trinajstić information content (AvgIpc) is 2.61. The molecule has 0 amide bonds. The molecule has 1 aliphatic heterocycles. The first-order chi connectivity index (χ1) is 12.0. The van der Waals surface area contributed by atoms with Gasteiger partial charge in [-0.2, -0.15) is 4.99 Å². The van der Waals surface area contributed by atoms with Crippen molar-refractivity contribution in [2.75, 3.05) is 6.54 Å². The highest BCUT2D eigenvalue weighted by Crippen LogP contribution is 2.26. The van der Waals surface area contributed by atoms with Gasteiger partial charge in [0.15, 0.2) is 6.17 Å². The van der Waals surface area contributed by atoms with Crippen molar-refractivity contribution in [3.8, 4) is 0 Å². The molecule has 0 aromatic heterocycles. The second-order valence-electron chi connectivity index (χ2n) is 6.58. The van der Waals surface area contributed by atoms with E-state index in [4.69, 9.17) is 11.5 Å². The van der Waals surface area contributed by atoms with Crippen LogP contribution >= 0.6 is 0 Å². The van der Waals surface area contributed by atoms with E-state index in [1.54, 1.807) is 0 Å². The number of rotatable bonds is 5. The molecule has 5 heteroatoms. The Labute approximate surface area is 149 Å². The molecule has 0 spiro atoms. The molecular weight excluding hydrogens is 310 g/mol. The maximum absolute atomic E-state index is 6.15. The molecule has 0 fully saturated rings. The number of guanidine groups is 2. The summed E-state index contributed by atoms with van der Waals surface area (Å²) < 4.78 is 0. The Balaban J connectivity index is 1.82. The summed E-state index contributed by atoms with van der Waals surface area (Å²) in [6, 6.07) is 18.8. The summed E-state index contributed by atoms with van der Waals surface area (Å²) in [5, 5.41) is 0. The number of aliphatic imine (C=N–C) groups is 2. The maximum Gasteiger partial charge on any atom is 0.220 e. The summed E-state index contributed by atoms with van der Waals surface area (Å²) in [5.41, 5.74) is 15.6. The fraction of sp³-hybridized carbons (Fsp3) is 0.300. The van der Waals surface area contributed by atoms with Gasteiger partial charge in [-0.05, 0) is 29.0 Å². The summed E-state index contributed by atoms with van der Waals surface area (Å²) in [4.78, 5) is 10.7. The summed E-state index contributed by atoms with van der Waals surface area (Å²) in [5.74, 6) is 1.14. The van der Waals surface area contributed by atoms with Crippen molar-refractivity contribution in [1.82, 2.24) is 4.90 Å². The van der Waals surface area contributed by atoms with E-state index in [1.807, 2.05) is 23.1 Å². The van der Waals surface area contributed by atoms with Crippen LogP contribution < -0.4 is 11.5 Å². The van der Waals surface area contributed by atoms with E-state index < -0.39 is 0 Å². The lowest BCUT2D eigenvalue weighted by atomic mass is 10.0. The Morgan fingerprint density at radius 2 is 1.68 bits per heavy atom. The second-order valence-corrected chi connectivity index (χ2v) is 6.58. The van der Waals surface area contributed by atoms with Crippen molar-refractivity contribution < 1.29 is 0 Å². The molecule has 0 aliphatic carbocycles. The Morgan fingerprint density at radius 3 is 2.32 bits per heavy atom. The summed E-state index contributed by atoms with van der Waals surface area (Å²) in [6.07, 6.45) is 0.634. The fourth-order valence-corrected chi connectivity index (χ4v) is 2.97. The van der Waals surface area contributed by atoms with Crippen LogP contribution in [0.1, 0.15) is 42.6 Å². The lowest BCUT2D eigenvalue weighted by Crippen LogP contribution is -2.45. The molecular formula is C20H25N5. The van der Waals surface area contributed by atoms with Gasteiger partial charge in [0.25, 0.3) is 0 Å². The first kappa shape index (κ1) is 17.0. The van der Waals surface area contributed by atoms with E-state index in [1.165, 1.54) is 11.1 Å². The molecule has 2 aromatic rings. The molecule has 130 valence electrons. The van der Waals surface area contributed by atoms with Gasteiger partial charge in [0.05, 0.1) is 0 Å². The lowest BCUT2D eigenvalue weighted by molar-refractivity contribution is 0.319. The van der Waals surface area contributed by atoms with Crippen molar-refractivity contribution in [2.45, 2.75) is 32.4 Å². The number of nitrogens with two attached hydrogens (primary N) is 2. The predicted octanol–water partition coefficient (Wildman–Crippen LogP) is 3.00. The molecule has 25 heavy (non-hydrogen) atoms. The topological polar surface area (TPSA) is 80.0 Å². The molecule has 2 aromatic carbocycles. The fourth-order valence-electron chi connectivity index (χ4n) is 2.97. The molecule has 1 heterocycles. The third kappa shape index (κ3) is 3.99. The monoisotopic (exact) mass is 335 g/mol. The number of benzene rings is 2. The quantitative estimate of drug-likeness (QED) is 0.881. The van der Waals surface area contributed by atoms with Crippen molar-refractivity contribution in [2.24, 2.45) is 21.5 Å². The van der Waals surface area contributed by atoms with Crippen molar-refractivity contribution >= 4 is 11.9 Å². The van der Waals surface area contributed by atoms with Gasteiger partial charge in [0.2, 0.25) is 11.9 Å². The molecule has 4 N–H and O–H groups in total. The van der Waals surface area contributed by atoms with E-state index in [0.29, 0.717) is 11.9 Å². The Morgan fingerprint density at radius 1 is 1.00 bits per heavy atom. The van der Waals surface area contributed by atoms with Gasteiger partial charge in [0.1, 0.15) is 0 Å². The predicted molar refractivity (Wildman–Crippen MR) is 103 cm³/mol. The van der Waals surface area contributed by atoms with Gasteiger partial charge >= 0.3 is 0 Å². The number of hydrogen-bond acceptors (Lipinski definition) is 5. The molecule has 1 atom stereocenters. The SMILES string of the molecule is CC(C)c1ccc(C2N=C(N)N=C(N)N2CCc2ccccc2)cc1. The van der Waals surface area contributed by atoms with Gasteiger partial charge in [-0.1, -0.05) is 68.4 Å². The largest absolute Gasteiger partial charge is 0.369 e. The molecule has 1 unspecified atom stereocenters. The zero-order valence-corrected chi connectivity index (χ0v) is 14.8. The Bertz CT molecular complexity index is 762. The number of hydrogen-bond donors (Lipinski definition) is 2. The van der Waals surface area contributed by atoms with Crippen molar-refractivity contribution in [3.05, 3.63) is 71.3 Å². The average molecular weight is 335 g/mol. The van der Waals surface area contributed by atoms with Gasteiger partial charge in [-0.15, -0.1) is 0 Å². The van der Waals surface area contributed by atoms with Crippen LogP contribution in [0.25, 0.3) is 0 Å². The van der Waals surface area contributed by atoms with E-state index in [9.17, 15) is 0 Å². The van der Waals surface area contributed by atoms with Gasteiger partial charge in [-0.3, -0.25) is 0 Å². The van der Waals surface area contributed by atoms with Crippen LogP contribution in [0.2, 0.25) is 0 Å². The summed E-state index contributed by atoms with van der Waals surface area (Å²) in [7, 11) is 0. The standard InChI is InChI=1S/C20H25N5/c1-14(2)16-8-10-17(11-9-16)18-23-19(21)24-20(22)25(18)13-12-15-6-4-3-5-7-15/h3-11,14,18H,12-13H2,1-2H3,(H4,21,22,23,24).